The van der Waals surface area contributed by atoms with Crippen molar-refractivity contribution in [3.05, 3.63) is 64.8 Å². The third kappa shape index (κ3) is 2.40. The van der Waals surface area contributed by atoms with Crippen molar-refractivity contribution in [1.82, 2.24) is 4.98 Å². The number of hydrogen-bond donors (Lipinski definition) is 1. The summed E-state index contributed by atoms with van der Waals surface area (Å²) in [7, 11) is 0. The molecule has 0 saturated carbocycles. The molecule has 3 aromatic rings. The number of halogens is 1. The quantitative estimate of drug-likeness (QED) is 0.760. The highest BCUT2D eigenvalue weighted by Crippen LogP contribution is 2.27. The summed E-state index contributed by atoms with van der Waals surface area (Å²) in [4.78, 5) is 4.51. The molecular weight excluding hydrogens is 268 g/mol. The minimum absolute atomic E-state index is 0.458. The van der Waals surface area contributed by atoms with E-state index in [1.54, 1.807) is 0 Å². The second-order valence-electron chi connectivity index (χ2n) is 4.87. The van der Waals surface area contributed by atoms with E-state index in [1.807, 2.05) is 31.2 Å². The van der Waals surface area contributed by atoms with Crippen molar-refractivity contribution in [3.63, 3.8) is 0 Å². The van der Waals surface area contributed by atoms with Gasteiger partial charge in [-0.25, -0.2) is 0 Å². The van der Waals surface area contributed by atoms with Gasteiger partial charge in [-0.15, -0.1) is 0 Å². The lowest BCUT2D eigenvalue weighted by Gasteiger charge is -2.07. The summed E-state index contributed by atoms with van der Waals surface area (Å²) in [5.74, 6) is 0. The highest BCUT2D eigenvalue weighted by molar-refractivity contribution is 6.31. The van der Waals surface area contributed by atoms with E-state index in [1.165, 1.54) is 0 Å². The summed E-state index contributed by atoms with van der Waals surface area (Å²) in [5.41, 5.74) is 10.9. The van der Waals surface area contributed by atoms with Crippen LogP contribution in [0.15, 0.2) is 48.5 Å². The highest BCUT2D eigenvalue weighted by atomic mass is 35.5. The minimum Gasteiger partial charge on any atom is -0.326 e. The predicted molar refractivity (Wildman–Crippen MR) is 84.8 cm³/mol. The average Bonchev–Trinajstić information content (AvgIpc) is 2.46. The van der Waals surface area contributed by atoms with Crippen molar-refractivity contribution in [2.45, 2.75) is 13.5 Å². The Hall–Kier alpha value is -1.90. The van der Waals surface area contributed by atoms with E-state index in [-0.39, 0.29) is 0 Å². The number of rotatable bonds is 2. The zero-order valence-corrected chi connectivity index (χ0v) is 12.0. The Morgan fingerprint density at radius 1 is 1.00 bits per heavy atom. The average molecular weight is 283 g/mol. The van der Waals surface area contributed by atoms with Gasteiger partial charge in [0.25, 0.3) is 0 Å². The van der Waals surface area contributed by atoms with Gasteiger partial charge in [0.05, 0.1) is 5.52 Å². The first-order valence-electron chi connectivity index (χ1n) is 6.53. The lowest BCUT2D eigenvalue weighted by atomic mass is 10.0. The molecule has 0 unspecified atom stereocenters. The summed E-state index contributed by atoms with van der Waals surface area (Å²) in [6.07, 6.45) is 0. The Bertz CT molecular complexity index is 781. The maximum atomic E-state index is 6.23. The summed E-state index contributed by atoms with van der Waals surface area (Å²) >= 11 is 6.23. The summed E-state index contributed by atoms with van der Waals surface area (Å²) in [6.45, 7) is 2.46. The summed E-state index contributed by atoms with van der Waals surface area (Å²) < 4.78 is 0. The number of nitrogens with two attached hydrogens (primary N) is 1. The second-order valence-corrected chi connectivity index (χ2v) is 5.28. The number of nitrogens with zero attached hydrogens (tertiary/aromatic N) is 1. The molecule has 3 rings (SSSR count). The maximum absolute atomic E-state index is 6.23. The van der Waals surface area contributed by atoms with Gasteiger partial charge in [-0.3, -0.25) is 4.98 Å². The van der Waals surface area contributed by atoms with Crippen LogP contribution in [0.2, 0.25) is 5.02 Å². The van der Waals surface area contributed by atoms with Gasteiger partial charge in [-0.1, -0.05) is 35.9 Å². The molecule has 2 nitrogen and oxygen atoms in total. The SMILES string of the molecule is Cc1ccc2cc(-c3ccc(CN)c(Cl)c3)ccc2n1. The molecule has 3 heteroatoms. The Kier molecular flexibility index (Phi) is 3.43. The fourth-order valence-electron chi connectivity index (χ4n) is 2.30. The van der Waals surface area contributed by atoms with Crippen molar-refractivity contribution >= 4 is 22.5 Å². The topological polar surface area (TPSA) is 38.9 Å². The van der Waals surface area contributed by atoms with Gasteiger partial charge < -0.3 is 5.73 Å². The lowest BCUT2D eigenvalue weighted by Crippen LogP contribution is -1.96. The molecule has 0 radical (unpaired) electrons. The maximum Gasteiger partial charge on any atom is 0.0705 e. The van der Waals surface area contributed by atoms with Crippen molar-refractivity contribution in [2.75, 3.05) is 0 Å². The van der Waals surface area contributed by atoms with E-state index in [2.05, 4.69) is 29.2 Å². The smallest absolute Gasteiger partial charge is 0.0705 e. The van der Waals surface area contributed by atoms with Crippen molar-refractivity contribution in [2.24, 2.45) is 5.73 Å². The molecule has 0 bridgehead atoms. The van der Waals surface area contributed by atoms with Crippen LogP contribution in [0.4, 0.5) is 0 Å². The normalized spacial score (nSPS) is 10.9. The molecule has 1 aromatic heterocycles. The van der Waals surface area contributed by atoms with Crippen LogP contribution in [0.5, 0.6) is 0 Å². The van der Waals surface area contributed by atoms with Gasteiger partial charge in [0, 0.05) is 22.6 Å². The number of aromatic nitrogens is 1. The molecule has 0 aliphatic rings. The monoisotopic (exact) mass is 282 g/mol. The van der Waals surface area contributed by atoms with Crippen LogP contribution in [0, 0.1) is 6.92 Å². The number of benzene rings is 2. The number of fused-ring (bicyclic) bond motifs is 1. The summed E-state index contributed by atoms with van der Waals surface area (Å²) in [6, 6.07) is 16.4. The second kappa shape index (κ2) is 5.23. The van der Waals surface area contributed by atoms with Gasteiger partial charge in [0.2, 0.25) is 0 Å². The van der Waals surface area contributed by atoms with E-state index >= 15 is 0 Å². The number of aryl methyl sites for hydroxylation is 1. The van der Waals surface area contributed by atoms with Crippen LogP contribution >= 0.6 is 11.6 Å². The number of pyridine rings is 1. The molecular formula is C17H15ClN2. The first-order chi connectivity index (χ1) is 9.67. The molecule has 20 heavy (non-hydrogen) atoms. The van der Waals surface area contributed by atoms with Crippen molar-refractivity contribution in [3.8, 4) is 11.1 Å². The minimum atomic E-state index is 0.458. The number of hydrogen-bond acceptors (Lipinski definition) is 2. The Morgan fingerprint density at radius 2 is 1.75 bits per heavy atom. The van der Waals surface area contributed by atoms with Gasteiger partial charge >= 0.3 is 0 Å². The van der Waals surface area contributed by atoms with Crippen LogP contribution in [0.3, 0.4) is 0 Å². The molecule has 100 valence electrons. The molecule has 0 aliphatic heterocycles. The zero-order valence-electron chi connectivity index (χ0n) is 11.2. The first-order valence-corrected chi connectivity index (χ1v) is 6.91. The molecule has 0 saturated heterocycles. The van der Waals surface area contributed by atoms with E-state index in [4.69, 9.17) is 17.3 Å². The van der Waals surface area contributed by atoms with Gasteiger partial charge in [0.15, 0.2) is 0 Å². The van der Waals surface area contributed by atoms with Gasteiger partial charge in [0.1, 0.15) is 0 Å². The van der Waals surface area contributed by atoms with Crippen LogP contribution in [-0.4, -0.2) is 4.98 Å². The lowest BCUT2D eigenvalue weighted by molar-refractivity contribution is 1.07. The standard InChI is InChI=1S/C17H15ClN2/c1-11-2-3-14-8-12(6-7-17(14)20-11)13-4-5-15(10-19)16(18)9-13/h2-9H,10,19H2,1H3. The Balaban J connectivity index is 2.10. The third-order valence-electron chi connectivity index (χ3n) is 3.43. The zero-order chi connectivity index (χ0) is 14.1. The van der Waals surface area contributed by atoms with Gasteiger partial charge in [-0.2, -0.15) is 0 Å². The van der Waals surface area contributed by atoms with E-state index in [9.17, 15) is 0 Å². The molecule has 2 aromatic carbocycles. The van der Waals surface area contributed by atoms with Crippen LogP contribution in [0.1, 0.15) is 11.3 Å². The predicted octanol–water partition coefficient (Wildman–Crippen LogP) is 4.32. The van der Waals surface area contributed by atoms with Crippen LogP contribution in [-0.2, 0) is 6.54 Å². The molecule has 0 fully saturated rings. The van der Waals surface area contributed by atoms with E-state index < -0.39 is 0 Å². The van der Waals surface area contributed by atoms with E-state index in [0.29, 0.717) is 11.6 Å². The fraction of sp³-hybridized carbons (Fsp3) is 0.118. The molecule has 1 heterocycles. The molecule has 0 amide bonds. The van der Waals surface area contributed by atoms with Crippen LogP contribution in [0.25, 0.3) is 22.0 Å². The van der Waals surface area contributed by atoms with Crippen molar-refractivity contribution in [1.29, 1.82) is 0 Å². The molecule has 0 aliphatic carbocycles. The largest absolute Gasteiger partial charge is 0.326 e. The Labute approximate surface area is 123 Å². The van der Waals surface area contributed by atoms with Crippen LogP contribution < -0.4 is 5.73 Å². The Morgan fingerprint density at radius 3 is 2.50 bits per heavy atom. The molecule has 0 spiro atoms. The van der Waals surface area contributed by atoms with Crippen molar-refractivity contribution < 1.29 is 0 Å². The summed E-state index contributed by atoms with van der Waals surface area (Å²) in [5, 5.41) is 1.85. The molecule has 2 N–H and O–H groups in total. The molecule has 0 atom stereocenters. The van der Waals surface area contributed by atoms with Gasteiger partial charge in [-0.05, 0) is 47.9 Å². The van der Waals surface area contributed by atoms with E-state index in [0.717, 1.165) is 33.3 Å². The highest BCUT2D eigenvalue weighted by Gasteiger charge is 2.04. The fourth-order valence-corrected chi connectivity index (χ4v) is 2.56. The first kappa shape index (κ1) is 13.1. The third-order valence-corrected chi connectivity index (χ3v) is 3.79.